The molecule has 1 saturated heterocycles. The van der Waals surface area contributed by atoms with Gasteiger partial charge in [-0.1, -0.05) is 36.4 Å². The molecule has 164 valence electrons. The van der Waals surface area contributed by atoms with Crippen LogP contribution < -0.4 is 10.6 Å². The summed E-state index contributed by atoms with van der Waals surface area (Å²) in [6.07, 6.45) is 2.81. The molecule has 1 aliphatic rings. The highest BCUT2D eigenvalue weighted by atomic mass is 16.2. The smallest absolute Gasteiger partial charge is 0.315 e. The molecule has 1 fully saturated rings. The minimum atomic E-state index is -0.238. The number of pyridine rings is 1. The fourth-order valence-corrected chi connectivity index (χ4v) is 4.17. The number of rotatable bonds is 7. The van der Waals surface area contributed by atoms with E-state index in [1.807, 2.05) is 35.7 Å². The number of nitrogens with one attached hydrogen (secondary N) is 2. The molecule has 2 atom stereocenters. The van der Waals surface area contributed by atoms with E-state index in [1.54, 1.807) is 0 Å². The second-order valence-electron chi connectivity index (χ2n) is 8.19. The number of likely N-dealkylation sites (N-methyl/N-ethyl adjacent to an activating group) is 1. The van der Waals surface area contributed by atoms with Crippen LogP contribution in [0.3, 0.4) is 0 Å². The summed E-state index contributed by atoms with van der Waals surface area (Å²) in [5.74, 6) is 0.717. The Kier molecular flexibility index (Phi) is 6.79. The number of nitrogens with zero attached hydrogens (tertiary/aromatic N) is 5. The fraction of sp³-hybridized carbons (Fsp3) is 0.435. The first-order valence-corrected chi connectivity index (χ1v) is 10.9. The van der Waals surface area contributed by atoms with Gasteiger partial charge in [0.2, 0.25) is 0 Å². The summed E-state index contributed by atoms with van der Waals surface area (Å²) < 4.78 is 1.89. The van der Waals surface area contributed by atoms with Crippen molar-refractivity contribution in [3.05, 3.63) is 66.1 Å². The molecule has 8 heteroatoms. The topological polar surface area (TPSA) is 77.8 Å². The minimum Gasteiger partial charge on any atom is -0.338 e. The summed E-state index contributed by atoms with van der Waals surface area (Å²) >= 11 is 0. The van der Waals surface area contributed by atoms with Gasteiger partial charge in [-0.25, -0.2) is 4.79 Å². The highest BCUT2D eigenvalue weighted by molar-refractivity contribution is 5.74. The van der Waals surface area contributed by atoms with Gasteiger partial charge < -0.3 is 15.5 Å². The Bertz CT molecular complexity index is 990. The van der Waals surface area contributed by atoms with E-state index in [-0.39, 0.29) is 12.1 Å². The van der Waals surface area contributed by atoms with Crippen LogP contribution in [0, 0.1) is 0 Å². The molecule has 3 heterocycles. The van der Waals surface area contributed by atoms with Crippen molar-refractivity contribution in [1.82, 2.24) is 35.0 Å². The molecule has 4 rings (SSSR count). The lowest BCUT2D eigenvalue weighted by atomic mass is 10.0. The van der Waals surface area contributed by atoms with Gasteiger partial charge >= 0.3 is 6.03 Å². The lowest BCUT2D eigenvalue weighted by molar-refractivity contribution is 0.0889. The van der Waals surface area contributed by atoms with Crippen molar-refractivity contribution in [1.29, 1.82) is 0 Å². The van der Waals surface area contributed by atoms with E-state index in [4.69, 9.17) is 0 Å². The third-order valence-corrected chi connectivity index (χ3v) is 5.86. The molecule has 2 N–H and O–H groups in total. The first kappa shape index (κ1) is 21.3. The van der Waals surface area contributed by atoms with Crippen LogP contribution in [0.1, 0.15) is 36.8 Å². The maximum absolute atomic E-state index is 12.4. The molecule has 0 saturated carbocycles. The van der Waals surface area contributed by atoms with E-state index in [9.17, 15) is 4.79 Å². The van der Waals surface area contributed by atoms with Gasteiger partial charge in [0.15, 0.2) is 11.5 Å². The Labute approximate surface area is 183 Å². The van der Waals surface area contributed by atoms with Crippen molar-refractivity contribution in [2.75, 3.05) is 39.8 Å². The van der Waals surface area contributed by atoms with Crippen molar-refractivity contribution in [2.45, 2.75) is 25.4 Å². The largest absolute Gasteiger partial charge is 0.338 e. The monoisotopic (exact) mass is 421 g/mol. The molecule has 1 aliphatic heterocycles. The van der Waals surface area contributed by atoms with Gasteiger partial charge in [0, 0.05) is 45.0 Å². The number of urea groups is 1. The summed E-state index contributed by atoms with van der Waals surface area (Å²) in [6, 6.07) is 16.4. The number of benzene rings is 1. The average molecular weight is 422 g/mol. The number of amides is 2. The van der Waals surface area contributed by atoms with E-state index in [1.165, 1.54) is 5.56 Å². The Morgan fingerprint density at radius 1 is 1.13 bits per heavy atom. The summed E-state index contributed by atoms with van der Waals surface area (Å²) in [7, 11) is 2.18. The van der Waals surface area contributed by atoms with Crippen LogP contribution in [0.4, 0.5) is 4.79 Å². The zero-order chi connectivity index (χ0) is 21.6. The Hall–Kier alpha value is -2.97. The molecule has 8 nitrogen and oxygen atoms in total. The van der Waals surface area contributed by atoms with E-state index in [2.05, 4.69) is 68.0 Å². The van der Waals surface area contributed by atoms with Crippen molar-refractivity contribution < 1.29 is 4.79 Å². The third kappa shape index (κ3) is 5.21. The molecule has 0 aliphatic carbocycles. The number of aromatic nitrogens is 3. The van der Waals surface area contributed by atoms with Crippen molar-refractivity contribution >= 4 is 11.7 Å². The Morgan fingerprint density at radius 2 is 1.94 bits per heavy atom. The molecule has 0 radical (unpaired) electrons. The van der Waals surface area contributed by atoms with Crippen LogP contribution in [0.2, 0.25) is 0 Å². The highest BCUT2D eigenvalue weighted by Gasteiger charge is 2.26. The highest BCUT2D eigenvalue weighted by Crippen LogP contribution is 2.24. The molecule has 0 spiro atoms. The van der Waals surface area contributed by atoms with Crippen LogP contribution in [0.5, 0.6) is 0 Å². The predicted octanol–water partition coefficient (Wildman–Crippen LogP) is 2.47. The summed E-state index contributed by atoms with van der Waals surface area (Å²) in [6.45, 7) is 6.64. The zero-order valence-electron chi connectivity index (χ0n) is 18.2. The first-order valence-electron chi connectivity index (χ1n) is 10.9. The maximum atomic E-state index is 12.4. The molecule has 1 aromatic carbocycles. The zero-order valence-corrected chi connectivity index (χ0v) is 18.2. The molecular formula is C23H31N7O. The molecule has 2 aromatic heterocycles. The SMILES string of the molecule is CC(NC(=O)NCCCN1CCN(C)CC1c1ccccc1)c1nnc2ccccn12. The summed E-state index contributed by atoms with van der Waals surface area (Å²) in [5, 5.41) is 14.3. The number of hydrogen-bond donors (Lipinski definition) is 2. The number of carbonyl (C=O) groups is 1. The first-order chi connectivity index (χ1) is 15.1. The van der Waals surface area contributed by atoms with Gasteiger partial charge in [0.25, 0.3) is 0 Å². The van der Waals surface area contributed by atoms with E-state index < -0.39 is 0 Å². The molecule has 31 heavy (non-hydrogen) atoms. The van der Waals surface area contributed by atoms with Gasteiger partial charge in [-0.3, -0.25) is 9.30 Å². The molecular weight excluding hydrogens is 390 g/mol. The van der Waals surface area contributed by atoms with Crippen LogP contribution in [-0.4, -0.2) is 70.2 Å². The van der Waals surface area contributed by atoms with Crippen LogP contribution >= 0.6 is 0 Å². The maximum Gasteiger partial charge on any atom is 0.315 e. The molecule has 3 aromatic rings. The van der Waals surface area contributed by atoms with Crippen LogP contribution in [0.15, 0.2) is 54.7 Å². The lowest BCUT2D eigenvalue weighted by Gasteiger charge is -2.40. The van der Waals surface area contributed by atoms with Crippen molar-refractivity contribution in [3.63, 3.8) is 0 Å². The second-order valence-corrected chi connectivity index (χ2v) is 8.19. The van der Waals surface area contributed by atoms with Gasteiger partial charge in [-0.15, -0.1) is 10.2 Å². The van der Waals surface area contributed by atoms with E-state index >= 15 is 0 Å². The van der Waals surface area contributed by atoms with E-state index in [0.717, 1.165) is 38.2 Å². The van der Waals surface area contributed by atoms with Crippen molar-refractivity contribution in [3.8, 4) is 0 Å². The predicted molar refractivity (Wildman–Crippen MR) is 121 cm³/mol. The third-order valence-electron chi connectivity index (χ3n) is 5.86. The van der Waals surface area contributed by atoms with Gasteiger partial charge in [0.05, 0.1) is 6.04 Å². The van der Waals surface area contributed by atoms with Gasteiger partial charge in [0.1, 0.15) is 0 Å². The normalized spacial score (nSPS) is 18.7. The number of carbonyl (C=O) groups excluding carboxylic acids is 1. The van der Waals surface area contributed by atoms with Crippen molar-refractivity contribution in [2.24, 2.45) is 0 Å². The summed E-state index contributed by atoms with van der Waals surface area (Å²) in [5.41, 5.74) is 2.13. The Balaban J connectivity index is 1.24. The minimum absolute atomic E-state index is 0.182. The number of hydrogen-bond acceptors (Lipinski definition) is 5. The molecule has 2 amide bonds. The quantitative estimate of drug-likeness (QED) is 0.573. The van der Waals surface area contributed by atoms with Crippen LogP contribution in [0.25, 0.3) is 5.65 Å². The molecule has 0 bridgehead atoms. The lowest BCUT2D eigenvalue weighted by Crippen LogP contribution is -2.47. The van der Waals surface area contributed by atoms with E-state index in [0.29, 0.717) is 18.4 Å². The second kappa shape index (κ2) is 9.89. The molecule has 2 unspecified atom stereocenters. The average Bonchev–Trinajstić information content (AvgIpc) is 3.22. The van der Waals surface area contributed by atoms with Crippen LogP contribution in [-0.2, 0) is 0 Å². The van der Waals surface area contributed by atoms with Gasteiger partial charge in [-0.2, -0.15) is 0 Å². The Morgan fingerprint density at radius 3 is 2.77 bits per heavy atom. The standard InChI is InChI=1S/C23H31N7O/c1-18(22-27-26-21-11-6-7-14-30(21)22)25-23(31)24-12-8-13-29-16-15-28(2)17-20(29)19-9-4-3-5-10-19/h3-7,9-11,14,18,20H,8,12-13,15-17H2,1-2H3,(H2,24,25,31). The fourth-order valence-electron chi connectivity index (χ4n) is 4.17. The number of fused-ring (bicyclic) bond motifs is 1. The summed E-state index contributed by atoms with van der Waals surface area (Å²) in [4.78, 5) is 17.3. The number of piperazine rings is 1. The van der Waals surface area contributed by atoms with Gasteiger partial charge in [-0.05, 0) is 38.1 Å².